The second-order valence-electron chi connectivity index (χ2n) is 4.54. The number of rotatable bonds is 9. The molecule has 0 aromatic heterocycles. The summed E-state index contributed by atoms with van der Waals surface area (Å²) in [7, 11) is -2.38. The Morgan fingerprint density at radius 1 is 1.06 bits per heavy atom. The number of hydrogen-bond acceptors (Lipinski definition) is 4. The van der Waals surface area contributed by atoms with Crippen molar-refractivity contribution in [3.05, 3.63) is 0 Å². The van der Waals surface area contributed by atoms with Crippen LogP contribution in [0.5, 0.6) is 0 Å². The van der Waals surface area contributed by atoms with Crippen molar-refractivity contribution < 1.29 is 8.85 Å². The molecule has 2 N–H and O–H groups in total. The van der Waals surface area contributed by atoms with E-state index in [4.69, 9.17) is 8.85 Å². The summed E-state index contributed by atoms with van der Waals surface area (Å²) in [5.74, 6) is 0. The van der Waals surface area contributed by atoms with Gasteiger partial charge in [0.2, 0.25) is 0 Å². The third-order valence-corrected chi connectivity index (χ3v) is 5.95. The van der Waals surface area contributed by atoms with Crippen LogP contribution in [0.2, 0.25) is 0 Å². The van der Waals surface area contributed by atoms with Gasteiger partial charge >= 0.3 is 8.88 Å². The second-order valence-corrected chi connectivity index (χ2v) is 6.99. The van der Waals surface area contributed by atoms with Crippen molar-refractivity contribution in [3.63, 3.8) is 0 Å². The van der Waals surface area contributed by atoms with Crippen LogP contribution in [-0.2, 0) is 8.85 Å². The standard InChI is InChI=1S/C12H28N2O2Si/c1-4-11-13-17(15-5-2,16-6-3)14-12-9-7-8-10-12/h12-14H,4-11H2,1-3H3. The monoisotopic (exact) mass is 260 g/mol. The van der Waals surface area contributed by atoms with Gasteiger partial charge in [-0.25, -0.2) is 0 Å². The highest BCUT2D eigenvalue weighted by atomic mass is 28.4. The van der Waals surface area contributed by atoms with Gasteiger partial charge in [-0.05, 0) is 39.7 Å². The van der Waals surface area contributed by atoms with Crippen LogP contribution in [0.3, 0.4) is 0 Å². The van der Waals surface area contributed by atoms with Gasteiger partial charge in [-0.3, -0.25) is 9.96 Å². The fraction of sp³-hybridized carbons (Fsp3) is 1.00. The largest absolute Gasteiger partial charge is 0.517 e. The van der Waals surface area contributed by atoms with E-state index in [0.29, 0.717) is 19.3 Å². The third-order valence-electron chi connectivity index (χ3n) is 3.05. The molecule has 0 spiro atoms. The number of nitrogens with one attached hydrogen (secondary N) is 2. The summed E-state index contributed by atoms with van der Waals surface area (Å²) in [6.07, 6.45) is 6.26. The maximum absolute atomic E-state index is 5.93. The first-order valence-electron chi connectivity index (χ1n) is 7.07. The van der Waals surface area contributed by atoms with E-state index < -0.39 is 8.88 Å². The number of hydrogen-bond donors (Lipinski definition) is 2. The summed E-state index contributed by atoms with van der Waals surface area (Å²) in [5, 5.41) is 0. The summed E-state index contributed by atoms with van der Waals surface area (Å²) in [5.41, 5.74) is 0. The van der Waals surface area contributed by atoms with Crippen LogP contribution in [-0.4, -0.2) is 34.7 Å². The van der Waals surface area contributed by atoms with E-state index in [1.807, 2.05) is 13.8 Å². The van der Waals surface area contributed by atoms with E-state index in [0.717, 1.165) is 13.0 Å². The fourth-order valence-corrected chi connectivity index (χ4v) is 5.09. The molecule has 0 unspecified atom stereocenters. The van der Waals surface area contributed by atoms with Crippen LogP contribution >= 0.6 is 0 Å². The van der Waals surface area contributed by atoms with Crippen molar-refractivity contribution in [2.45, 2.75) is 58.9 Å². The molecule has 5 heteroatoms. The summed E-state index contributed by atoms with van der Waals surface area (Å²) < 4.78 is 11.9. The van der Waals surface area contributed by atoms with Crippen LogP contribution in [0.1, 0.15) is 52.9 Å². The van der Waals surface area contributed by atoms with E-state index in [1.54, 1.807) is 0 Å². The van der Waals surface area contributed by atoms with Gasteiger partial charge in [0.25, 0.3) is 0 Å². The molecular formula is C12H28N2O2Si. The van der Waals surface area contributed by atoms with E-state index in [1.165, 1.54) is 25.7 Å². The third kappa shape index (κ3) is 5.05. The molecule has 1 fully saturated rings. The zero-order valence-corrected chi connectivity index (χ0v) is 12.6. The molecule has 0 aliphatic heterocycles. The van der Waals surface area contributed by atoms with Gasteiger partial charge in [0.15, 0.2) is 0 Å². The first kappa shape index (κ1) is 15.1. The Hall–Kier alpha value is 0.0569. The molecule has 102 valence electrons. The van der Waals surface area contributed by atoms with Crippen LogP contribution in [0.15, 0.2) is 0 Å². The van der Waals surface area contributed by atoms with Gasteiger partial charge in [-0.1, -0.05) is 19.8 Å². The Labute approximate surface area is 107 Å². The molecule has 0 radical (unpaired) electrons. The molecule has 0 amide bonds. The normalized spacial score (nSPS) is 17.8. The average molecular weight is 260 g/mol. The Balaban J connectivity index is 2.57. The van der Waals surface area contributed by atoms with E-state index in [2.05, 4.69) is 16.9 Å². The van der Waals surface area contributed by atoms with Gasteiger partial charge in [0.05, 0.1) is 0 Å². The Bertz CT molecular complexity index is 193. The van der Waals surface area contributed by atoms with Crippen LogP contribution in [0.4, 0.5) is 0 Å². The lowest BCUT2D eigenvalue weighted by atomic mass is 10.3. The fourth-order valence-electron chi connectivity index (χ4n) is 2.31. The van der Waals surface area contributed by atoms with Crippen molar-refractivity contribution in [2.24, 2.45) is 0 Å². The van der Waals surface area contributed by atoms with Gasteiger partial charge in [-0.15, -0.1) is 0 Å². The maximum atomic E-state index is 5.93. The van der Waals surface area contributed by atoms with Crippen LogP contribution in [0.25, 0.3) is 0 Å². The van der Waals surface area contributed by atoms with Crippen molar-refractivity contribution in [1.82, 2.24) is 9.96 Å². The molecule has 1 aliphatic rings. The molecule has 0 atom stereocenters. The smallest absolute Gasteiger partial charge is 0.371 e. The van der Waals surface area contributed by atoms with E-state index >= 15 is 0 Å². The lowest BCUT2D eigenvalue weighted by Crippen LogP contribution is -2.69. The SMILES string of the molecule is CCCN[Si](NC1CCCC1)(OCC)OCC. The zero-order chi connectivity index (χ0) is 12.6. The molecule has 1 rings (SSSR count). The van der Waals surface area contributed by atoms with Crippen LogP contribution in [0, 0.1) is 0 Å². The van der Waals surface area contributed by atoms with Crippen molar-refractivity contribution in [2.75, 3.05) is 19.8 Å². The first-order chi connectivity index (χ1) is 8.26. The van der Waals surface area contributed by atoms with Crippen LogP contribution < -0.4 is 9.96 Å². The lowest BCUT2D eigenvalue weighted by molar-refractivity contribution is 0.154. The molecule has 0 aromatic rings. The minimum Gasteiger partial charge on any atom is -0.371 e. The maximum Gasteiger partial charge on any atom is 0.517 e. The second kappa shape index (κ2) is 8.21. The minimum absolute atomic E-state index is 0.573. The Kier molecular flexibility index (Phi) is 7.30. The molecule has 0 bridgehead atoms. The summed E-state index contributed by atoms with van der Waals surface area (Å²) in [4.78, 5) is 7.14. The molecular weight excluding hydrogens is 232 g/mol. The van der Waals surface area contributed by atoms with Crippen molar-refractivity contribution in [1.29, 1.82) is 0 Å². The predicted molar refractivity (Wildman–Crippen MR) is 72.7 cm³/mol. The summed E-state index contributed by atoms with van der Waals surface area (Å²) in [6.45, 7) is 8.58. The first-order valence-corrected chi connectivity index (χ1v) is 8.88. The van der Waals surface area contributed by atoms with Crippen molar-refractivity contribution in [3.8, 4) is 0 Å². The van der Waals surface area contributed by atoms with E-state index in [9.17, 15) is 0 Å². The minimum atomic E-state index is -2.38. The predicted octanol–water partition coefficient (Wildman–Crippen LogP) is 2.03. The zero-order valence-electron chi connectivity index (χ0n) is 11.6. The molecule has 4 nitrogen and oxygen atoms in total. The Morgan fingerprint density at radius 2 is 1.65 bits per heavy atom. The van der Waals surface area contributed by atoms with Gasteiger partial charge in [-0.2, -0.15) is 0 Å². The topological polar surface area (TPSA) is 42.5 Å². The quantitative estimate of drug-likeness (QED) is 0.623. The molecule has 0 aromatic carbocycles. The highest BCUT2D eigenvalue weighted by Gasteiger charge is 2.41. The lowest BCUT2D eigenvalue weighted by Gasteiger charge is -2.32. The molecule has 0 heterocycles. The highest BCUT2D eigenvalue weighted by Crippen LogP contribution is 2.19. The molecule has 0 saturated heterocycles. The highest BCUT2D eigenvalue weighted by molar-refractivity contribution is 6.62. The van der Waals surface area contributed by atoms with Gasteiger partial charge < -0.3 is 8.85 Å². The molecule has 1 saturated carbocycles. The average Bonchev–Trinajstić information content (AvgIpc) is 2.80. The Morgan fingerprint density at radius 3 is 2.12 bits per heavy atom. The molecule has 17 heavy (non-hydrogen) atoms. The summed E-state index contributed by atoms with van der Waals surface area (Å²) >= 11 is 0. The van der Waals surface area contributed by atoms with Gasteiger partial charge in [0.1, 0.15) is 0 Å². The summed E-state index contributed by atoms with van der Waals surface area (Å²) in [6, 6.07) is 0.573. The molecule has 1 aliphatic carbocycles. The van der Waals surface area contributed by atoms with Crippen molar-refractivity contribution >= 4 is 8.88 Å². The van der Waals surface area contributed by atoms with Gasteiger partial charge in [0, 0.05) is 19.3 Å². The van der Waals surface area contributed by atoms with E-state index in [-0.39, 0.29) is 0 Å².